The largest absolute Gasteiger partial charge is 0.462 e. The molecular weight excluding hydrogens is 406 g/mol. The van der Waals surface area contributed by atoms with Crippen LogP contribution in [0.2, 0.25) is 0 Å². The summed E-state index contributed by atoms with van der Waals surface area (Å²) in [5.74, 6) is -0.815. The number of carbonyl (C=O) groups is 2. The molecule has 1 aromatic carbocycles. The molecule has 0 bridgehead atoms. The standard InChI is InChI=1S/C21H25N3O5S/c1-3-29-21(26)18-9-10-19(22-16(18)2)20(25)23-11-13-24(14-12-23)30(27,28)15-17-7-5-4-6-8-17/h4-10H,3,11-15H2,1-2H3. The summed E-state index contributed by atoms with van der Waals surface area (Å²) in [6.45, 7) is 4.67. The van der Waals surface area contributed by atoms with Crippen molar-refractivity contribution in [2.45, 2.75) is 19.6 Å². The van der Waals surface area contributed by atoms with Gasteiger partial charge in [-0.3, -0.25) is 4.79 Å². The fourth-order valence-electron chi connectivity index (χ4n) is 3.31. The summed E-state index contributed by atoms with van der Waals surface area (Å²) < 4.78 is 31.7. The first-order valence-corrected chi connectivity index (χ1v) is 11.4. The Balaban J connectivity index is 1.62. The van der Waals surface area contributed by atoms with Crippen molar-refractivity contribution in [3.8, 4) is 0 Å². The van der Waals surface area contributed by atoms with Gasteiger partial charge >= 0.3 is 5.97 Å². The van der Waals surface area contributed by atoms with Crippen LogP contribution in [0.1, 0.15) is 39.0 Å². The number of hydrogen-bond acceptors (Lipinski definition) is 6. The van der Waals surface area contributed by atoms with E-state index >= 15 is 0 Å². The average Bonchev–Trinajstić information content (AvgIpc) is 2.74. The molecule has 9 heteroatoms. The van der Waals surface area contributed by atoms with Gasteiger partial charge in [-0.05, 0) is 31.5 Å². The van der Waals surface area contributed by atoms with E-state index in [9.17, 15) is 18.0 Å². The van der Waals surface area contributed by atoms with E-state index in [1.54, 1.807) is 30.9 Å². The van der Waals surface area contributed by atoms with Crippen LogP contribution in [0.15, 0.2) is 42.5 Å². The number of pyridine rings is 1. The lowest BCUT2D eigenvalue weighted by atomic mass is 10.1. The Hall–Kier alpha value is -2.78. The molecule has 30 heavy (non-hydrogen) atoms. The van der Waals surface area contributed by atoms with Gasteiger partial charge in [-0.2, -0.15) is 4.31 Å². The van der Waals surface area contributed by atoms with E-state index in [2.05, 4.69) is 4.98 Å². The number of sulfonamides is 1. The predicted molar refractivity (Wildman–Crippen MR) is 111 cm³/mol. The van der Waals surface area contributed by atoms with Crippen LogP contribution in [0.5, 0.6) is 0 Å². The van der Waals surface area contributed by atoms with E-state index in [1.807, 2.05) is 18.2 Å². The van der Waals surface area contributed by atoms with Crippen molar-refractivity contribution in [1.29, 1.82) is 0 Å². The number of benzene rings is 1. The van der Waals surface area contributed by atoms with Gasteiger partial charge < -0.3 is 9.64 Å². The van der Waals surface area contributed by atoms with Gasteiger partial charge in [0.15, 0.2) is 0 Å². The first-order chi connectivity index (χ1) is 14.3. The average molecular weight is 432 g/mol. The van der Waals surface area contributed by atoms with Crippen molar-refractivity contribution in [1.82, 2.24) is 14.2 Å². The highest BCUT2D eigenvalue weighted by Crippen LogP contribution is 2.16. The van der Waals surface area contributed by atoms with Crippen LogP contribution in [-0.4, -0.2) is 67.3 Å². The molecule has 0 N–H and O–H groups in total. The van der Waals surface area contributed by atoms with E-state index in [1.165, 1.54) is 16.4 Å². The van der Waals surface area contributed by atoms with E-state index in [0.717, 1.165) is 5.56 Å². The van der Waals surface area contributed by atoms with Crippen LogP contribution in [0.25, 0.3) is 0 Å². The van der Waals surface area contributed by atoms with Gasteiger partial charge in [-0.1, -0.05) is 30.3 Å². The number of esters is 1. The number of aryl methyl sites for hydroxylation is 1. The number of hydrogen-bond donors (Lipinski definition) is 0. The molecule has 1 fully saturated rings. The molecule has 1 saturated heterocycles. The van der Waals surface area contributed by atoms with Crippen molar-refractivity contribution >= 4 is 21.9 Å². The summed E-state index contributed by atoms with van der Waals surface area (Å²) in [5.41, 5.74) is 1.70. The molecule has 1 amide bonds. The van der Waals surface area contributed by atoms with Gasteiger partial charge in [0, 0.05) is 26.2 Å². The van der Waals surface area contributed by atoms with Gasteiger partial charge in [0.05, 0.1) is 23.6 Å². The summed E-state index contributed by atoms with van der Waals surface area (Å²) in [7, 11) is -3.45. The molecule has 0 aliphatic carbocycles. The lowest BCUT2D eigenvalue weighted by molar-refractivity contribution is 0.0523. The number of amides is 1. The lowest BCUT2D eigenvalue weighted by Crippen LogP contribution is -2.50. The Morgan fingerprint density at radius 1 is 1.03 bits per heavy atom. The summed E-state index contributed by atoms with van der Waals surface area (Å²) in [5, 5.41) is 0. The number of ether oxygens (including phenoxy) is 1. The van der Waals surface area contributed by atoms with Crippen LogP contribution in [0.4, 0.5) is 0 Å². The second kappa shape index (κ2) is 9.36. The second-order valence-corrected chi connectivity index (χ2v) is 8.95. The molecule has 0 spiro atoms. The molecule has 0 saturated carbocycles. The van der Waals surface area contributed by atoms with E-state index in [0.29, 0.717) is 11.3 Å². The third kappa shape index (κ3) is 5.03. The zero-order valence-corrected chi connectivity index (χ0v) is 17.9. The molecule has 0 radical (unpaired) electrons. The maximum absolute atomic E-state index is 12.8. The number of nitrogens with zero attached hydrogens (tertiary/aromatic N) is 3. The molecule has 160 valence electrons. The summed E-state index contributed by atoms with van der Waals surface area (Å²) in [4.78, 5) is 30.5. The molecule has 1 aliphatic rings. The fraction of sp³-hybridized carbons (Fsp3) is 0.381. The number of rotatable bonds is 6. The Bertz CT molecular complexity index is 1020. The Kier molecular flexibility index (Phi) is 6.84. The van der Waals surface area contributed by atoms with Crippen LogP contribution in [-0.2, 0) is 20.5 Å². The summed E-state index contributed by atoms with van der Waals surface area (Å²) in [6, 6.07) is 12.1. The van der Waals surface area contributed by atoms with Crippen molar-refractivity contribution in [3.63, 3.8) is 0 Å². The van der Waals surface area contributed by atoms with Crippen molar-refractivity contribution in [3.05, 3.63) is 65.0 Å². The normalized spacial score (nSPS) is 15.1. The minimum atomic E-state index is -3.45. The molecular formula is C21H25N3O5S. The maximum atomic E-state index is 12.8. The Morgan fingerprint density at radius 3 is 2.30 bits per heavy atom. The molecule has 2 aromatic rings. The monoisotopic (exact) mass is 431 g/mol. The first kappa shape index (κ1) is 21.9. The molecule has 3 rings (SSSR count). The van der Waals surface area contributed by atoms with E-state index in [-0.39, 0.29) is 50.1 Å². The number of carbonyl (C=O) groups excluding carboxylic acids is 2. The minimum Gasteiger partial charge on any atom is -0.462 e. The zero-order valence-electron chi connectivity index (χ0n) is 17.1. The SMILES string of the molecule is CCOC(=O)c1ccc(C(=O)N2CCN(S(=O)(=O)Cc3ccccc3)CC2)nc1C. The van der Waals surface area contributed by atoms with Crippen molar-refractivity contribution < 1.29 is 22.7 Å². The van der Waals surface area contributed by atoms with Crippen LogP contribution >= 0.6 is 0 Å². The third-order valence-corrected chi connectivity index (χ3v) is 6.76. The van der Waals surface area contributed by atoms with Gasteiger partial charge in [-0.15, -0.1) is 0 Å². The highest BCUT2D eigenvalue weighted by Gasteiger charge is 2.30. The van der Waals surface area contributed by atoms with Gasteiger partial charge in [0.2, 0.25) is 10.0 Å². The first-order valence-electron chi connectivity index (χ1n) is 9.77. The quantitative estimate of drug-likeness (QED) is 0.648. The number of piperazine rings is 1. The van der Waals surface area contributed by atoms with E-state index < -0.39 is 16.0 Å². The zero-order chi connectivity index (χ0) is 21.7. The summed E-state index contributed by atoms with van der Waals surface area (Å²) in [6.07, 6.45) is 0. The fourth-order valence-corrected chi connectivity index (χ4v) is 4.83. The Morgan fingerprint density at radius 2 is 1.70 bits per heavy atom. The van der Waals surface area contributed by atoms with Crippen molar-refractivity contribution in [2.75, 3.05) is 32.8 Å². The van der Waals surface area contributed by atoms with E-state index in [4.69, 9.17) is 4.74 Å². The molecule has 0 unspecified atom stereocenters. The third-order valence-electron chi connectivity index (χ3n) is 4.91. The van der Waals surface area contributed by atoms with Crippen LogP contribution < -0.4 is 0 Å². The van der Waals surface area contributed by atoms with Crippen LogP contribution in [0.3, 0.4) is 0 Å². The predicted octanol–water partition coefficient (Wildman–Crippen LogP) is 1.85. The molecule has 1 aliphatic heterocycles. The number of aromatic nitrogens is 1. The Labute approximate surface area is 176 Å². The second-order valence-electron chi connectivity index (χ2n) is 6.98. The lowest BCUT2D eigenvalue weighted by Gasteiger charge is -2.34. The van der Waals surface area contributed by atoms with Gasteiger partial charge in [0.25, 0.3) is 5.91 Å². The smallest absolute Gasteiger partial charge is 0.339 e. The molecule has 8 nitrogen and oxygen atoms in total. The van der Waals surface area contributed by atoms with Crippen LogP contribution in [0, 0.1) is 6.92 Å². The highest BCUT2D eigenvalue weighted by molar-refractivity contribution is 7.88. The highest BCUT2D eigenvalue weighted by atomic mass is 32.2. The summed E-state index contributed by atoms with van der Waals surface area (Å²) >= 11 is 0. The minimum absolute atomic E-state index is 0.0577. The molecule has 1 aromatic heterocycles. The molecule has 2 heterocycles. The van der Waals surface area contributed by atoms with Gasteiger partial charge in [0.1, 0.15) is 5.69 Å². The molecule has 0 atom stereocenters. The topological polar surface area (TPSA) is 96.9 Å². The maximum Gasteiger partial charge on any atom is 0.339 e. The van der Waals surface area contributed by atoms with Crippen molar-refractivity contribution in [2.24, 2.45) is 0 Å². The van der Waals surface area contributed by atoms with Gasteiger partial charge in [-0.25, -0.2) is 18.2 Å².